The average Bonchev–Trinajstić information content (AvgIpc) is 3.06. The first-order valence-corrected chi connectivity index (χ1v) is 9.34. The number of amides is 3. The van der Waals surface area contributed by atoms with Crippen LogP contribution < -0.4 is 10.6 Å². The summed E-state index contributed by atoms with van der Waals surface area (Å²) in [5.41, 5.74) is 1.24. The van der Waals surface area contributed by atoms with E-state index < -0.39 is 6.04 Å². The molecule has 0 saturated carbocycles. The molecular weight excluding hydrogens is 348 g/mol. The van der Waals surface area contributed by atoms with Gasteiger partial charge in [0.25, 0.3) is 5.91 Å². The van der Waals surface area contributed by atoms with Gasteiger partial charge in [0.1, 0.15) is 6.04 Å². The predicted octanol–water partition coefficient (Wildman–Crippen LogP) is 0.652. The number of nitrogens with one attached hydrogen (secondary N) is 2. The van der Waals surface area contributed by atoms with Gasteiger partial charge in [0, 0.05) is 44.0 Å². The highest BCUT2D eigenvalue weighted by molar-refractivity contribution is 5.98. The van der Waals surface area contributed by atoms with E-state index in [2.05, 4.69) is 15.6 Å². The van der Waals surface area contributed by atoms with E-state index in [1.54, 1.807) is 12.1 Å². The third-order valence-corrected chi connectivity index (χ3v) is 4.42. The minimum Gasteiger partial charge on any atom is -0.381 e. The van der Waals surface area contributed by atoms with Crippen molar-refractivity contribution in [2.24, 2.45) is 0 Å². The fourth-order valence-electron chi connectivity index (χ4n) is 3.07. The fourth-order valence-corrected chi connectivity index (χ4v) is 3.07. The van der Waals surface area contributed by atoms with Crippen molar-refractivity contribution < 1.29 is 19.1 Å². The second kappa shape index (κ2) is 10.0. The van der Waals surface area contributed by atoms with Crippen LogP contribution in [0.1, 0.15) is 42.7 Å². The number of nitrogens with zero attached hydrogens (tertiary/aromatic N) is 2. The first-order chi connectivity index (χ1) is 13.0. The third-order valence-electron chi connectivity index (χ3n) is 4.42. The lowest BCUT2D eigenvalue weighted by atomic mass is 10.1. The largest absolute Gasteiger partial charge is 0.381 e. The molecule has 3 amide bonds. The molecule has 1 aromatic rings. The molecule has 148 valence electrons. The molecule has 27 heavy (non-hydrogen) atoms. The van der Waals surface area contributed by atoms with Crippen molar-refractivity contribution >= 4 is 17.7 Å². The topological polar surface area (TPSA) is 101 Å². The van der Waals surface area contributed by atoms with Crippen LogP contribution in [-0.4, -0.2) is 66.0 Å². The Bertz CT molecular complexity index is 662. The monoisotopic (exact) mass is 376 g/mol. The molecule has 1 aromatic heterocycles. The van der Waals surface area contributed by atoms with Crippen LogP contribution in [0.25, 0.3) is 0 Å². The molecule has 2 atom stereocenters. The van der Waals surface area contributed by atoms with Crippen LogP contribution in [0.2, 0.25) is 0 Å². The highest BCUT2D eigenvalue weighted by Crippen LogP contribution is 2.21. The van der Waals surface area contributed by atoms with Crippen LogP contribution in [0.3, 0.4) is 0 Å². The standard InChI is InChI=1S/C19H28N4O4/c1-4-20-18(25)16-10-15(22-17(24)8-9-27-5-2)12-23(16)19(26)14-7-6-13(3)21-11-14/h6-7,11,15-16H,4-5,8-10,12H2,1-3H3,(H,20,25)(H,22,24)/t15-,16-/m0/s1. The molecule has 1 saturated heterocycles. The van der Waals surface area contributed by atoms with Gasteiger partial charge in [-0.1, -0.05) is 0 Å². The van der Waals surface area contributed by atoms with Crippen LogP contribution in [-0.2, 0) is 14.3 Å². The van der Waals surface area contributed by atoms with Crippen molar-refractivity contribution in [2.45, 2.75) is 45.7 Å². The minimum absolute atomic E-state index is 0.144. The van der Waals surface area contributed by atoms with Crippen molar-refractivity contribution in [3.05, 3.63) is 29.6 Å². The van der Waals surface area contributed by atoms with E-state index in [0.717, 1.165) is 5.69 Å². The Morgan fingerprint density at radius 3 is 2.70 bits per heavy atom. The Morgan fingerprint density at radius 2 is 2.07 bits per heavy atom. The number of carbonyl (C=O) groups excluding carboxylic acids is 3. The van der Waals surface area contributed by atoms with E-state index >= 15 is 0 Å². The number of ether oxygens (including phenoxy) is 1. The van der Waals surface area contributed by atoms with Crippen molar-refractivity contribution in [1.29, 1.82) is 0 Å². The number of aryl methyl sites for hydroxylation is 1. The minimum atomic E-state index is -0.615. The van der Waals surface area contributed by atoms with Gasteiger partial charge in [-0.05, 0) is 39.3 Å². The lowest BCUT2D eigenvalue weighted by molar-refractivity contribution is -0.125. The number of pyridine rings is 1. The molecule has 1 aliphatic heterocycles. The number of likely N-dealkylation sites (tertiary alicyclic amines) is 1. The fraction of sp³-hybridized carbons (Fsp3) is 0.579. The molecule has 0 aliphatic carbocycles. The van der Waals surface area contributed by atoms with Crippen LogP contribution >= 0.6 is 0 Å². The number of aromatic nitrogens is 1. The summed E-state index contributed by atoms with van der Waals surface area (Å²) in [5, 5.41) is 5.67. The predicted molar refractivity (Wildman–Crippen MR) is 100 cm³/mol. The summed E-state index contributed by atoms with van der Waals surface area (Å²) < 4.78 is 5.19. The Kier molecular flexibility index (Phi) is 7.72. The maximum absolute atomic E-state index is 12.9. The van der Waals surface area contributed by atoms with Crippen molar-refractivity contribution in [1.82, 2.24) is 20.5 Å². The molecule has 2 heterocycles. The maximum Gasteiger partial charge on any atom is 0.256 e. The van der Waals surface area contributed by atoms with E-state index in [4.69, 9.17) is 4.74 Å². The van der Waals surface area contributed by atoms with Crippen LogP contribution in [0.4, 0.5) is 0 Å². The number of rotatable bonds is 8. The number of hydrogen-bond donors (Lipinski definition) is 2. The van der Waals surface area contributed by atoms with Gasteiger partial charge in [-0.2, -0.15) is 0 Å². The first-order valence-electron chi connectivity index (χ1n) is 9.34. The van der Waals surface area contributed by atoms with Gasteiger partial charge < -0.3 is 20.3 Å². The Balaban J connectivity index is 2.07. The van der Waals surface area contributed by atoms with Gasteiger partial charge in [-0.15, -0.1) is 0 Å². The molecule has 2 N–H and O–H groups in total. The molecule has 0 bridgehead atoms. The average molecular weight is 376 g/mol. The molecule has 0 aromatic carbocycles. The Hall–Kier alpha value is -2.48. The smallest absolute Gasteiger partial charge is 0.256 e. The second-order valence-corrected chi connectivity index (χ2v) is 6.50. The van der Waals surface area contributed by atoms with Gasteiger partial charge >= 0.3 is 0 Å². The molecule has 0 spiro atoms. The summed E-state index contributed by atoms with van der Waals surface area (Å²) in [7, 11) is 0. The summed E-state index contributed by atoms with van der Waals surface area (Å²) in [6, 6.07) is 2.58. The van der Waals surface area contributed by atoms with Crippen LogP contribution in [0.15, 0.2) is 18.3 Å². The van der Waals surface area contributed by atoms with Crippen LogP contribution in [0.5, 0.6) is 0 Å². The molecule has 8 heteroatoms. The summed E-state index contributed by atoms with van der Waals surface area (Å²) in [6.45, 7) is 7.22. The van der Waals surface area contributed by atoms with E-state index in [1.165, 1.54) is 11.1 Å². The zero-order chi connectivity index (χ0) is 19.8. The van der Waals surface area contributed by atoms with Gasteiger partial charge in [-0.3, -0.25) is 19.4 Å². The molecule has 0 unspecified atom stereocenters. The van der Waals surface area contributed by atoms with Crippen LogP contribution in [0, 0.1) is 6.92 Å². The second-order valence-electron chi connectivity index (χ2n) is 6.50. The molecular formula is C19H28N4O4. The van der Waals surface area contributed by atoms with Crippen molar-refractivity contribution in [3.8, 4) is 0 Å². The van der Waals surface area contributed by atoms with Gasteiger partial charge in [0.05, 0.1) is 12.2 Å². The summed E-state index contributed by atoms with van der Waals surface area (Å²) in [4.78, 5) is 43.1. The molecule has 0 radical (unpaired) electrons. The molecule has 1 aliphatic rings. The van der Waals surface area contributed by atoms with E-state index in [1.807, 2.05) is 20.8 Å². The van der Waals surface area contributed by atoms with Gasteiger partial charge in [0.2, 0.25) is 11.8 Å². The number of hydrogen-bond acceptors (Lipinski definition) is 5. The third kappa shape index (κ3) is 5.75. The Morgan fingerprint density at radius 1 is 1.30 bits per heavy atom. The summed E-state index contributed by atoms with van der Waals surface area (Å²) in [6.07, 6.45) is 2.16. The van der Waals surface area contributed by atoms with Crippen molar-refractivity contribution in [2.75, 3.05) is 26.3 Å². The zero-order valence-corrected chi connectivity index (χ0v) is 16.2. The van der Waals surface area contributed by atoms with E-state index in [0.29, 0.717) is 31.7 Å². The molecule has 1 fully saturated rings. The zero-order valence-electron chi connectivity index (χ0n) is 16.2. The summed E-state index contributed by atoms with van der Waals surface area (Å²) >= 11 is 0. The SMILES string of the molecule is CCNC(=O)[C@@H]1C[C@H](NC(=O)CCOCC)CN1C(=O)c1ccc(C)nc1. The normalized spacial score (nSPS) is 19.0. The molecule has 2 rings (SSSR count). The first kappa shape index (κ1) is 20.8. The highest BCUT2D eigenvalue weighted by Gasteiger charge is 2.40. The van der Waals surface area contributed by atoms with Gasteiger partial charge in [0.15, 0.2) is 0 Å². The van der Waals surface area contributed by atoms with Gasteiger partial charge in [-0.25, -0.2) is 0 Å². The summed E-state index contributed by atoms with van der Waals surface area (Å²) in [5.74, 6) is -0.615. The highest BCUT2D eigenvalue weighted by atomic mass is 16.5. The number of carbonyl (C=O) groups is 3. The lowest BCUT2D eigenvalue weighted by Crippen LogP contribution is -2.46. The van der Waals surface area contributed by atoms with E-state index in [9.17, 15) is 14.4 Å². The van der Waals surface area contributed by atoms with Crippen molar-refractivity contribution in [3.63, 3.8) is 0 Å². The Labute approximate surface area is 159 Å². The lowest BCUT2D eigenvalue weighted by Gasteiger charge is -2.23. The maximum atomic E-state index is 12.9. The van der Waals surface area contributed by atoms with E-state index in [-0.39, 0.29) is 36.7 Å². The number of likely N-dealkylation sites (N-methyl/N-ethyl adjacent to an activating group) is 1. The quantitative estimate of drug-likeness (QED) is 0.649. The molecule has 8 nitrogen and oxygen atoms in total.